The molecule has 2 heterocycles. The third-order valence-corrected chi connectivity index (χ3v) is 8.95. The predicted molar refractivity (Wildman–Crippen MR) is 181 cm³/mol. The Kier molecular flexibility index (Phi) is 11.8. The van der Waals surface area contributed by atoms with Crippen LogP contribution in [0.5, 0.6) is 5.75 Å². The van der Waals surface area contributed by atoms with Gasteiger partial charge in [-0.25, -0.2) is 14.4 Å². The quantitative estimate of drug-likeness (QED) is 0.135. The maximum atomic E-state index is 14.6. The zero-order valence-electron chi connectivity index (χ0n) is 27.3. The molecule has 0 unspecified atom stereocenters. The number of aromatic nitrogens is 2. The van der Waals surface area contributed by atoms with Crippen molar-refractivity contribution in [1.29, 1.82) is 0 Å². The largest absolute Gasteiger partial charge is 0.491 e. The van der Waals surface area contributed by atoms with Crippen LogP contribution in [0.2, 0.25) is 0 Å². The van der Waals surface area contributed by atoms with Gasteiger partial charge in [-0.15, -0.1) is 11.3 Å². The summed E-state index contributed by atoms with van der Waals surface area (Å²) in [6, 6.07) is 13.8. The first-order chi connectivity index (χ1) is 22.3. The molecule has 4 rings (SSSR count). The Hall–Kier alpha value is -4.64. The van der Waals surface area contributed by atoms with Gasteiger partial charge in [-0.1, -0.05) is 64.4 Å². The van der Waals surface area contributed by atoms with Gasteiger partial charge in [-0.05, 0) is 54.2 Å². The minimum atomic E-state index is -1.18. The van der Waals surface area contributed by atoms with Gasteiger partial charge in [-0.3, -0.25) is 14.4 Å². The molecule has 0 spiro atoms. The van der Waals surface area contributed by atoms with E-state index < -0.39 is 29.8 Å². The van der Waals surface area contributed by atoms with Crippen LogP contribution in [-0.4, -0.2) is 51.5 Å². The summed E-state index contributed by atoms with van der Waals surface area (Å²) in [5.41, 5.74) is 2.72. The van der Waals surface area contributed by atoms with Crippen molar-refractivity contribution in [3.05, 3.63) is 88.1 Å². The van der Waals surface area contributed by atoms with Gasteiger partial charge < -0.3 is 20.5 Å². The maximum Gasteiger partial charge on any atom is 0.325 e. The Morgan fingerprint density at radius 1 is 0.957 bits per heavy atom. The molecule has 0 saturated heterocycles. The Morgan fingerprint density at radius 2 is 1.64 bits per heavy atom. The first kappa shape index (κ1) is 35.2. The molecule has 2 aromatic carbocycles. The lowest BCUT2D eigenvalue weighted by Gasteiger charge is -2.20. The summed E-state index contributed by atoms with van der Waals surface area (Å²) in [6.07, 6.45) is 5.32. The van der Waals surface area contributed by atoms with Crippen LogP contribution in [0.3, 0.4) is 0 Å². The molecule has 0 aliphatic heterocycles. The molecule has 2 aromatic heterocycles. The number of rotatable bonds is 14. The van der Waals surface area contributed by atoms with Gasteiger partial charge in [0.1, 0.15) is 12.1 Å². The number of aliphatic carboxylic acids is 1. The summed E-state index contributed by atoms with van der Waals surface area (Å²) < 4.78 is 20.1. The number of nitrogens with one attached hydrogen (secondary N) is 2. The number of halogens is 1. The molecule has 11 heteroatoms. The van der Waals surface area contributed by atoms with Crippen LogP contribution in [0, 0.1) is 5.82 Å². The Labute approximate surface area is 278 Å². The van der Waals surface area contributed by atoms with Crippen molar-refractivity contribution >= 4 is 29.1 Å². The van der Waals surface area contributed by atoms with Gasteiger partial charge in [-0.2, -0.15) is 0 Å². The van der Waals surface area contributed by atoms with Crippen LogP contribution in [0.1, 0.15) is 62.8 Å². The summed E-state index contributed by atoms with van der Waals surface area (Å²) in [7, 11) is 0. The molecule has 2 atom stereocenters. The van der Waals surface area contributed by atoms with Crippen molar-refractivity contribution in [2.24, 2.45) is 0 Å². The van der Waals surface area contributed by atoms with E-state index in [1.165, 1.54) is 13.0 Å². The SMILES string of the molecule is CCCCOc1ccc(-c2cnc(-c3ccc(C[C@H](NC(=O)Cc4ccc(C(C)(C)C)s4)C(=O)N[C@H](C)C(=O)O)cc3)nc2)cc1F. The standard InChI is InChI=1S/C36H41FN4O5S/c1-6-7-16-46-30-14-12-25(18-28(30)37)26-20-38-33(39-21-26)24-10-8-23(9-11-24)17-29(34(43)40-22(2)35(44)45)41-32(42)19-27-13-15-31(47-27)36(3,4)5/h8-15,18,20-22,29H,6-7,16-17,19H2,1-5H3,(H,40,43)(H,41,42)(H,44,45)/t22-,29+/m1/s1. The number of ether oxygens (including phenoxy) is 1. The van der Waals surface area contributed by atoms with E-state index in [0.717, 1.165) is 33.7 Å². The molecule has 0 aliphatic rings. The van der Waals surface area contributed by atoms with Crippen LogP contribution >= 0.6 is 11.3 Å². The number of benzene rings is 2. The van der Waals surface area contributed by atoms with E-state index >= 15 is 0 Å². The number of unbranched alkanes of at least 4 members (excludes halogenated alkanes) is 1. The maximum absolute atomic E-state index is 14.6. The zero-order valence-corrected chi connectivity index (χ0v) is 28.1. The molecular weight excluding hydrogens is 619 g/mol. The van der Waals surface area contributed by atoms with Gasteiger partial charge in [0.25, 0.3) is 0 Å². The molecule has 2 amide bonds. The number of hydrogen-bond acceptors (Lipinski definition) is 7. The van der Waals surface area contributed by atoms with Crippen LogP contribution in [-0.2, 0) is 32.6 Å². The van der Waals surface area contributed by atoms with E-state index in [9.17, 15) is 23.9 Å². The number of carboxylic acid groups (broad SMARTS) is 1. The highest BCUT2D eigenvalue weighted by Gasteiger charge is 2.25. The Balaban J connectivity index is 1.44. The van der Waals surface area contributed by atoms with E-state index in [2.05, 4.69) is 41.4 Å². The summed E-state index contributed by atoms with van der Waals surface area (Å²) in [6.45, 7) is 10.2. The van der Waals surface area contributed by atoms with Crippen LogP contribution < -0.4 is 15.4 Å². The summed E-state index contributed by atoms with van der Waals surface area (Å²) in [4.78, 5) is 48.4. The highest BCUT2D eigenvalue weighted by molar-refractivity contribution is 7.12. The van der Waals surface area contributed by atoms with Crippen molar-refractivity contribution in [2.75, 3.05) is 6.61 Å². The van der Waals surface area contributed by atoms with Crippen LogP contribution in [0.4, 0.5) is 4.39 Å². The molecule has 47 heavy (non-hydrogen) atoms. The average Bonchev–Trinajstić information content (AvgIpc) is 3.51. The molecule has 4 aromatic rings. The number of nitrogens with zero attached hydrogens (tertiary/aromatic N) is 2. The number of thiophene rings is 1. The predicted octanol–water partition coefficient (Wildman–Crippen LogP) is 6.35. The van der Waals surface area contributed by atoms with Crippen molar-refractivity contribution in [2.45, 2.75) is 77.8 Å². The minimum absolute atomic E-state index is 0.0387. The van der Waals surface area contributed by atoms with Gasteiger partial charge in [0.2, 0.25) is 11.8 Å². The second-order valence-electron chi connectivity index (χ2n) is 12.4. The van der Waals surface area contributed by atoms with Crippen LogP contribution in [0.15, 0.2) is 67.0 Å². The van der Waals surface area contributed by atoms with E-state index in [1.807, 2.05) is 31.2 Å². The minimum Gasteiger partial charge on any atom is -0.491 e. The molecule has 9 nitrogen and oxygen atoms in total. The Bertz CT molecular complexity index is 1680. The lowest BCUT2D eigenvalue weighted by atomic mass is 9.95. The average molecular weight is 661 g/mol. The summed E-state index contributed by atoms with van der Waals surface area (Å²) >= 11 is 1.55. The van der Waals surface area contributed by atoms with E-state index in [0.29, 0.717) is 23.6 Å². The van der Waals surface area contributed by atoms with Gasteiger partial charge >= 0.3 is 5.97 Å². The monoisotopic (exact) mass is 660 g/mol. The smallest absolute Gasteiger partial charge is 0.325 e. The summed E-state index contributed by atoms with van der Waals surface area (Å²) in [5.74, 6) is -1.86. The molecular formula is C36H41FN4O5S. The van der Waals surface area contributed by atoms with E-state index in [-0.39, 0.29) is 29.9 Å². The van der Waals surface area contributed by atoms with Crippen molar-refractivity contribution in [1.82, 2.24) is 20.6 Å². The molecule has 0 fully saturated rings. The fourth-order valence-corrected chi connectivity index (χ4v) is 5.70. The van der Waals surface area contributed by atoms with Crippen molar-refractivity contribution in [3.63, 3.8) is 0 Å². The zero-order chi connectivity index (χ0) is 34.1. The number of carboxylic acids is 1. The number of hydrogen-bond donors (Lipinski definition) is 3. The summed E-state index contributed by atoms with van der Waals surface area (Å²) in [5, 5.41) is 14.6. The van der Waals surface area contributed by atoms with Crippen molar-refractivity contribution in [3.8, 4) is 28.3 Å². The first-order valence-electron chi connectivity index (χ1n) is 15.6. The third-order valence-electron chi connectivity index (χ3n) is 7.44. The van der Waals surface area contributed by atoms with Crippen molar-refractivity contribution < 1.29 is 28.6 Å². The molecule has 0 aliphatic carbocycles. The molecule has 248 valence electrons. The lowest BCUT2D eigenvalue weighted by Crippen LogP contribution is -2.52. The fraction of sp³-hybridized carbons (Fsp3) is 0.361. The fourth-order valence-electron chi connectivity index (χ4n) is 4.64. The normalized spacial score (nSPS) is 12.6. The molecule has 0 saturated carbocycles. The van der Waals surface area contributed by atoms with Gasteiger partial charge in [0.05, 0.1) is 13.0 Å². The third kappa shape index (κ3) is 9.92. The van der Waals surface area contributed by atoms with E-state index in [4.69, 9.17) is 4.74 Å². The van der Waals surface area contributed by atoms with Gasteiger partial charge in [0, 0.05) is 39.7 Å². The molecule has 0 radical (unpaired) electrons. The lowest BCUT2D eigenvalue weighted by molar-refractivity contribution is -0.141. The number of amides is 2. The Morgan fingerprint density at radius 3 is 2.23 bits per heavy atom. The first-order valence-corrected chi connectivity index (χ1v) is 16.4. The van der Waals surface area contributed by atoms with Crippen LogP contribution in [0.25, 0.3) is 22.5 Å². The molecule has 0 bridgehead atoms. The van der Waals surface area contributed by atoms with Gasteiger partial charge in [0.15, 0.2) is 17.4 Å². The molecule has 3 N–H and O–H groups in total. The second-order valence-corrected chi connectivity index (χ2v) is 13.6. The van der Waals surface area contributed by atoms with E-state index in [1.54, 1.807) is 48.0 Å². The highest BCUT2D eigenvalue weighted by atomic mass is 32.1. The number of carbonyl (C=O) groups is 3. The topological polar surface area (TPSA) is 131 Å². The second kappa shape index (κ2) is 15.8. The highest BCUT2D eigenvalue weighted by Crippen LogP contribution is 2.30. The number of carbonyl (C=O) groups excluding carboxylic acids is 2.